The van der Waals surface area contributed by atoms with Crippen molar-refractivity contribution in [1.29, 1.82) is 0 Å². The molecule has 1 aromatic heterocycles. The number of benzene rings is 1. The lowest BCUT2D eigenvalue weighted by Crippen LogP contribution is -2.20. The van der Waals surface area contributed by atoms with Gasteiger partial charge >= 0.3 is 0 Å². The molecule has 0 spiro atoms. The first-order chi connectivity index (χ1) is 12.1. The van der Waals surface area contributed by atoms with Crippen molar-refractivity contribution in [2.45, 2.75) is 38.7 Å². The van der Waals surface area contributed by atoms with Crippen LogP contribution in [-0.2, 0) is 4.74 Å². The number of nitrogens with one attached hydrogen (secondary N) is 2. The number of rotatable bonds is 6. The van der Waals surface area contributed by atoms with Crippen LogP contribution in [0.3, 0.4) is 0 Å². The number of nitrogens with zero attached hydrogens (tertiary/aromatic N) is 2. The predicted octanol–water partition coefficient (Wildman–Crippen LogP) is 3.44. The van der Waals surface area contributed by atoms with E-state index in [1.807, 2.05) is 24.3 Å². The largest absolute Gasteiger partial charge is 0.376 e. The van der Waals surface area contributed by atoms with Gasteiger partial charge in [-0.1, -0.05) is 26.0 Å². The SMILES string of the molecule is CC(C)c1ccc(NC(=O)c2cc(NCC3CCCO3)ncn2)cc1. The second-order valence-corrected chi connectivity index (χ2v) is 6.54. The summed E-state index contributed by atoms with van der Waals surface area (Å²) < 4.78 is 5.57. The zero-order valence-corrected chi connectivity index (χ0v) is 14.7. The van der Waals surface area contributed by atoms with Crippen molar-refractivity contribution < 1.29 is 9.53 Å². The van der Waals surface area contributed by atoms with E-state index in [2.05, 4.69) is 34.4 Å². The van der Waals surface area contributed by atoms with Gasteiger partial charge in [-0.15, -0.1) is 0 Å². The van der Waals surface area contributed by atoms with E-state index in [-0.39, 0.29) is 12.0 Å². The Morgan fingerprint density at radius 2 is 2.08 bits per heavy atom. The van der Waals surface area contributed by atoms with Gasteiger partial charge in [0.25, 0.3) is 5.91 Å². The number of ether oxygens (including phenoxy) is 1. The first-order valence-electron chi connectivity index (χ1n) is 8.70. The van der Waals surface area contributed by atoms with Crippen LogP contribution in [-0.4, -0.2) is 35.1 Å². The third-order valence-corrected chi connectivity index (χ3v) is 4.27. The number of carbonyl (C=O) groups excluding carboxylic acids is 1. The lowest BCUT2D eigenvalue weighted by atomic mass is 10.0. The first-order valence-corrected chi connectivity index (χ1v) is 8.70. The summed E-state index contributed by atoms with van der Waals surface area (Å²) in [4.78, 5) is 20.6. The van der Waals surface area contributed by atoms with E-state index in [0.717, 1.165) is 25.1 Å². The number of anilines is 2. The van der Waals surface area contributed by atoms with Crippen LogP contribution in [0.2, 0.25) is 0 Å². The number of aromatic nitrogens is 2. The summed E-state index contributed by atoms with van der Waals surface area (Å²) in [5, 5.41) is 6.08. The molecule has 1 aliphatic rings. The van der Waals surface area contributed by atoms with E-state index in [9.17, 15) is 4.79 Å². The van der Waals surface area contributed by atoms with Gasteiger partial charge in [0.1, 0.15) is 17.8 Å². The molecule has 6 nitrogen and oxygen atoms in total. The molecule has 2 aromatic rings. The maximum atomic E-state index is 12.4. The summed E-state index contributed by atoms with van der Waals surface area (Å²) in [6, 6.07) is 9.52. The molecule has 6 heteroatoms. The van der Waals surface area contributed by atoms with Crippen LogP contribution >= 0.6 is 0 Å². The highest BCUT2D eigenvalue weighted by Crippen LogP contribution is 2.18. The maximum Gasteiger partial charge on any atom is 0.274 e. The molecule has 2 heterocycles. The molecule has 0 radical (unpaired) electrons. The molecule has 0 saturated carbocycles. The van der Waals surface area contributed by atoms with E-state index in [1.54, 1.807) is 6.07 Å². The van der Waals surface area contributed by atoms with E-state index in [0.29, 0.717) is 24.0 Å². The number of carbonyl (C=O) groups is 1. The summed E-state index contributed by atoms with van der Waals surface area (Å²) >= 11 is 0. The molecule has 0 aliphatic carbocycles. The van der Waals surface area contributed by atoms with Gasteiger partial charge in [0.2, 0.25) is 0 Å². The van der Waals surface area contributed by atoms with Gasteiger partial charge in [0.15, 0.2) is 0 Å². The Morgan fingerprint density at radius 3 is 2.76 bits per heavy atom. The van der Waals surface area contributed by atoms with Crippen LogP contribution in [0.5, 0.6) is 0 Å². The Kier molecular flexibility index (Phi) is 5.60. The van der Waals surface area contributed by atoms with Crippen LogP contribution in [0.15, 0.2) is 36.7 Å². The Morgan fingerprint density at radius 1 is 1.28 bits per heavy atom. The third-order valence-electron chi connectivity index (χ3n) is 4.27. The molecular formula is C19H24N4O2. The van der Waals surface area contributed by atoms with Gasteiger partial charge in [0, 0.05) is 24.9 Å². The van der Waals surface area contributed by atoms with Crippen LogP contribution < -0.4 is 10.6 Å². The standard InChI is InChI=1S/C19H24N4O2/c1-13(2)14-5-7-15(8-6-14)23-19(24)17-10-18(22-12-21-17)20-11-16-4-3-9-25-16/h5-8,10,12-13,16H,3-4,9,11H2,1-2H3,(H,23,24)(H,20,21,22). The minimum Gasteiger partial charge on any atom is -0.376 e. The lowest BCUT2D eigenvalue weighted by Gasteiger charge is -2.12. The highest BCUT2D eigenvalue weighted by molar-refractivity contribution is 6.03. The number of hydrogen-bond donors (Lipinski definition) is 2. The van der Waals surface area contributed by atoms with Crippen LogP contribution in [0.25, 0.3) is 0 Å². The highest BCUT2D eigenvalue weighted by atomic mass is 16.5. The van der Waals surface area contributed by atoms with E-state index in [1.165, 1.54) is 11.9 Å². The Labute approximate surface area is 148 Å². The minimum atomic E-state index is -0.250. The fourth-order valence-corrected chi connectivity index (χ4v) is 2.75. The molecule has 3 rings (SSSR count). The van der Waals surface area contributed by atoms with Crippen molar-refractivity contribution in [2.75, 3.05) is 23.8 Å². The Hall–Kier alpha value is -2.47. The van der Waals surface area contributed by atoms with Crippen molar-refractivity contribution in [2.24, 2.45) is 0 Å². The van der Waals surface area contributed by atoms with Crippen LogP contribution in [0.4, 0.5) is 11.5 Å². The van der Waals surface area contributed by atoms with Crippen LogP contribution in [0.1, 0.15) is 48.7 Å². The topological polar surface area (TPSA) is 76.1 Å². The molecule has 25 heavy (non-hydrogen) atoms. The van der Waals surface area contributed by atoms with Crippen molar-refractivity contribution in [1.82, 2.24) is 9.97 Å². The fourth-order valence-electron chi connectivity index (χ4n) is 2.75. The summed E-state index contributed by atoms with van der Waals surface area (Å²) in [5.41, 5.74) is 2.32. The summed E-state index contributed by atoms with van der Waals surface area (Å²) in [7, 11) is 0. The van der Waals surface area contributed by atoms with Gasteiger partial charge in [-0.2, -0.15) is 0 Å². The van der Waals surface area contributed by atoms with E-state index < -0.39 is 0 Å². The Balaban J connectivity index is 1.60. The second-order valence-electron chi connectivity index (χ2n) is 6.54. The van der Waals surface area contributed by atoms with Gasteiger partial charge in [-0.3, -0.25) is 4.79 Å². The van der Waals surface area contributed by atoms with Crippen molar-refractivity contribution >= 4 is 17.4 Å². The second kappa shape index (κ2) is 8.07. The Bertz CT molecular complexity index is 710. The summed E-state index contributed by atoms with van der Waals surface area (Å²) in [6.07, 6.45) is 3.76. The van der Waals surface area contributed by atoms with Crippen molar-refractivity contribution in [3.8, 4) is 0 Å². The molecule has 1 saturated heterocycles. The molecule has 2 N–H and O–H groups in total. The average molecular weight is 340 g/mol. The van der Waals surface area contributed by atoms with Crippen molar-refractivity contribution in [3.63, 3.8) is 0 Å². The molecule has 1 aliphatic heterocycles. The monoisotopic (exact) mass is 340 g/mol. The zero-order valence-electron chi connectivity index (χ0n) is 14.7. The molecule has 1 amide bonds. The van der Waals surface area contributed by atoms with Crippen LogP contribution in [0, 0.1) is 0 Å². The van der Waals surface area contributed by atoms with E-state index >= 15 is 0 Å². The highest BCUT2D eigenvalue weighted by Gasteiger charge is 2.16. The quantitative estimate of drug-likeness (QED) is 0.842. The molecule has 1 aromatic carbocycles. The maximum absolute atomic E-state index is 12.4. The minimum absolute atomic E-state index is 0.215. The number of amides is 1. The normalized spacial score (nSPS) is 16.8. The molecular weight excluding hydrogens is 316 g/mol. The summed E-state index contributed by atoms with van der Waals surface area (Å²) in [5.74, 6) is 0.842. The fraction of sp³-hybridized carbons (Fsp3) is 0.421. The zero-order chi connectivity index (χ0) is 17.6. The molecule has 132 valence electrons. The first kappa shape index (κ1) is 17.4. The van der Waals surface area contributed by atoms with E-state index in [4.69, 9.17) is 4.74 Å². The summed E-state index contributed by atoms with van der Waals surface area (Å²) in [6.45, 7) is 5.79. The predicted molar refractivity (Wildman–Crippen MR) is 98.0 cm³/mol. The lowest BCUT2D eigenvalue weighted by molar-refractivity contribution is 0.102. The molecule has 1 atom stereocenters. The number of hydrogen-bond acceptors (Lipinski definition) is 5. The molecule has 1 fully saturated rings. The smallest absolute Gasteiger partial charge is 0.274 e. The average Bonchev–Trinajstić information content (AvgIpc) is 3.14. The molecule has 1 unspecified atom stereocenters. The van der Waals surface area contributed by atoms with Gasteiger partial charge in [-0.25, -0.2) is 9.97 Å². The van der Waals surface area contributed by atoms with Crippen molar-refractivity contribution in [3.05, 3.63) is 47.9 Å². The van der Waals surface area contributed by atoms with Gasteiger partial charge in [0.05, 0.1) is 6.10 Å². The molecule has 0 bridgehead atoms. The third kappa shape index (κ3) is 4.76. The van der Waals surface area contributed by atoms with Gasteiger partial charge < -0.3 is 15.4 Å². The van der Waals surface area contributed by atoms with Gasteiger partial charge in [-0.05, 0) is 36.5 Å².